The molecular weight excluding hydrogens is 462 g/mol. The Hall–Kier alpha value is -3.15. The molecule has 0 radical (unpaired) electrons. The van der Waals surface area contributed by atoms with Gasteiger partial charge in [0.1, 0.15) is 11.8 Å². The molecule has 0 aliphatic rings. The lowest BCUT2D eigenvalue weighted by Crippen LogP contribution is -2.49. The predicted molar refractivity (Wildman–Crippen MR) is 140 cm³/mol. The van der Waals surface area contributed by atoms with Crippen LogP contribution in [0, 0.1) is 0 Å². The second-order valence-corrected chi connectivity index (χ2v) is 9.03. The summed E-state index contributed by atoms with van der Waals surface area (Å²) in [6.07, 6.45) is 5.19. The van der Waals surface area contributed by atoms with Crippen LogP contribution in [0.2, 0.25) is 0 Å². The van der Waals surface area contributed by atoms with E-state index in [1.54, 1.807) is 24.4 Å². The molecule has 2 aromatic rings. The van der Waals surface area contributed by atoms with E-state index in [0.717, 1.165) is 51.9 Å². The summed E-state index contributed by atoms with van der Waals surface area (Å²) in [7, 11) is 2.04. The highest BCUT2D eigenvalue weighted by molar-refractivity contribution is 5.95. The average molecular weight is 504 g/mol. The number of aromatic nitrogens is 1. The summed E-state index contributed by atoms with van der Waals surface area (Å²) in [5.74, 6) is -1.52. The van der Waals surface area contributed by atoms with Gasteiger partial charge in [0.15, 0.2) is 0 Å². The zero-order valence-corrected chi connectivity index (χ0v) is 21.1. The second-order valence-electron chi connectivity index (χ2n) is 9.03. The maximum absolute atomic E-state index is 12.6. The number of aromatic hydroxyl groups is 1. The Kier molecular flexibility index (Phi) is 12.7. The lowest BCUT2D eigenvalue weighted by atomic mass is 10.1. The molecule has 0 saturated heterocycles. The maximum Gasteiger partial charge on any atom is 0.243 e. The van der Waals surface area contributed by atoms with Gasteiger partial charge in [-0.05, 0) is 83.2 Å². The normalized spacial score (nSPS) is 12.1. The van der Waals surface area contributed by atoms with Crippen molar-refractivity contribution in [1.82, 2.24) is 25.8 Å². The molecule has 9 N–H and O–H groups in total. The zero-order valence-electron chi connectivity index (χ0n) is 21.1. The van der Waals surface area contributed by atoms with Crippen LogP contribution in [0.25, 0.3) is 10.9 Å². The fourth-order valence-electron chi connectivity index (χ4n) is 3.98. The molecule has 1 unspecified atom stereocenters. The van der Waals surface area contributed by atoms with Crippen molar-refractivity contribution in [2.24, 2.45) is 11.5 Å². The fraction of sp³-hybridized carbons (Fsp3) is 0.560. The molecule has 0 saturated carbocycles. The lowest BCUT2D eigenvalue weighted by molar-refractivity contribution is -0.131. The first-order valence-corrected chi connectivity index (χ1v) is 12.5. The van der Waals surface area contributed by atoms with E-state index in [-0.39, 0.29) is 18.6 Å². The Morgan fingerprint density at radius 2 is 1.83 bits per heavy atom. The predicted octanol–water partition coefficient (Wildman–Crippen LogP) is -0.0671. The summed E-state index contributed by atoms with van der Waals surface area (Å²) < 4.78 is 0. The van der Waals surface area contributed by atoms with Gasteiger partial charge in [-0.1, -0.05) is 6.07 Å². The number of fused-ring (bicyclic) bond motifs is 1. The molecular formula is C25H41N7O4. The van der Waals surface area contributed by atoms with Crippen LogP contribution in [-0.4, -0.2) is 85.1 Å². The van der Waals surface area contributed by atoms with Crippen LogP contribution in [0.3, 0.4) is 0 Å². The van der Waals surface area contributed by atoms with Crippen LogP contribution < -0.4 is 27.4 Å². The van der Waals surface area contributed by atoms with E-state index in [9.17, 15) is 19.5 Å². The highest BCUT2D eigenvalue weighted by Gasteiger charge is 2.23. The molecule has 36 heavy (non-hydrogen) atoms. The van der Waals surface area contributed by atoms with Gasteiger partial charge in [0.2, 0.25) is 17.7 Å². The summed E-state index contributed by atoms with van der Waals surface area (Å²) in [5, 5.41) is 19.4. The molecule has 1 heterocycles. The van der Waals surface area contributed by atoms with E-state index in [2.05, 4.69) is 25.8 Å². The number of benzene rings is 1. The summed E-state index contributed by atoms with van der Waals surface area (Å²) >= 11 is 0. The van der Waals surface area contributed by atoms with Crippen LogP contribution in [0.15, 0.2) is 24.4 Å². The lowest BCUT2D eigenvalue weighted by Gasteiger charge is -2.19. The number of aromatic amines is 1. The van der Waals surface area contributed by atoms with Crippen LogP contribution >= 0.6 is 0 Å². The van der Waals surface area contributed by atoms with Gasteiger partial charge in [-0.15, -0.1) is 0 Å². The molecule has 0 aliphatic heterocycles. The van der Waals surface area contributed by atoms with E-state index < -0.39 is 23.8 Å². The number of nitrogens with one attached hydrogen (secondary N) is 4. The zero-order chi connectivity index (χ0) is 26.3. The summed E-state index contributed by atoms with van der Waals surface area (Å²) in [6.45, 7) is 4.85. The standard InChI is InChI=1S/C25H41N7O4/c1-32(13-3-2-10-28-11-5-9-26)14-6-12-29-25(36)20(16-22(27)34)31-23(35)15-18-17-30-19-7-4-8-21(33)24(18)19/h4,7-8,17,20,28,30,33H,2-3,5-6,9-16,26H2,1H3,(H2,27,34)(H,29,36)(H,31,35). The maximum atomic E-state index is 12.6. The van der Waals surface area contributed by atoms with E-state index in [0.29, 0.717) is 29.6 Å². The number of carbonyl (C=O) groups excluding carboxylic acids is 3. The van der Waals surface area contributed by atoms with Crippen LogP contribution in [0.4, 0.5) is 0 Å². The Labute approximate surface area is 212 Å². The molecule has 0 fully saturated rings. The van der Waals surface area contributed by atoms with Gasteiger partial charge in [-0.3, -0.25) is 14.4 Å². The first-order valence-electron chi connectivity index (χ1n) is 12.5. The number of hydrogen-bond donors (Lipinski definition) is 7. The fourth-order valence-corrected chi connectivity index (χ4v) is 3.98. The van der Waals surface area contributed by atoms with Gasteiger partial charge in [0, 0.05) is 23.6 Å². The number of unbranched alkanes of at least 4 members (excludes halogenated alkanes) is 1. The molecule has 1 aromatic heterocycles. The number of phenols is 1. The molecule has 1 aromatic carbocycles. The Bertz CT molecular complexity index is 978. The second kappa shape index (κ2) is 15.8. The van der Waals surface area contributed by atoms with Crippen molar-refractivity contribution in [1.29, 1.82) is 0 Å². The Morgan fingerprint density at radius 3 is 2.58 bits per heavy atom. The third-order valence-corrected chi connectivity index (χ3v) is 5.89. The van der Waals surface area contributed by atoms with E-state index in [4.69, 9.17) is 11.5 Å². The smallest absolute Gasteiger partial charge is 0.243 e. The van der Waals surface area contributed by atoms with Crippen molar-refractivity contribution in [3.63, 3.8) is 0 Å². The molecule has 0 aliphatic carbocycles. The minimum Gasteiger partial charge on any atom is -0.507 e. The molecule has 11 heteroatoms. The largest absolute Gasteiger partial charge is 0.507 e. The molecule has 11 nitrogen and oxygen atoms in total. The number of amides is 3. The van der Waals surface area contributed by atoms with Crippen LogP contribution in [0.5, 0.6) is 5.75 Å². The Morgan fingerprint density at radius 1 is 1.08 bits per heavy atom. The minimum absolute atomic E-state index is 0.0621. The molecule has 2 rings (SSSR count). The summed E-state index contributed by atoms with van der Waals surface area (Å²) in [5.41, 5.74) is 12.1. The van der Waals surface area contributed by atoms with Crippen molar-refractivity contribution in [2.45, 2.75) is 44.6 Å². The van der Waals surface area contributed by atoms with Gasteiger partial charge in [0.05, 0.1) is 12.8 Å². The number of H-pyrrole nitrogens is 1. The quantitative estimate of drug-likeness (QED) is 0.139. The molecule has 0 spiro atoms. The summed E-state index contributed by atoms with van der Waals surface area (Å²) in [6, 6.07) is 3.98. The molecule has 3 amide bonds. The van der Waals surface area contributed by atoms with E-state index >= 15 is 0 Å². The van der Waals surface area contributed by atoms with Gasteiger partial charge in [-0.25, -0.2) is 0 Å². The third kappa shape index (κ3) is 10.2. The average Bonchev–Trinajstić information content (AvgIpc) is 3.24. The first-order chi connectivity index (χ1) is 17.3. The summed E-state index contributed by atoms with van der Waals surface area (Å²) in [4.78, 5) is 42.0. The number of nitrogens with two attached hydrogens (primary N) is 2. The number of carbonyl (C=O) groups is 3. The highest BCUT2D eigenvalue weighted by Crippen LogP contribution is 2.27. The van der Waals surface area contributed by atoms with Crippen LogP contribution in [-0.2, 0) is 20.8 Å². The molecule has 1 atom stereocenters. The van der Waals surface area contributed by atoms with Crippen molar-refractivity contribution in [2.75, 3.05) is 46.3 Å². The number of rotatable bonds is 18. The van der Waals surface area contributed by atoms with Gasteiger partial charge < -0.3 is 42.4 Å². The van der Waals surface area contributed by atoms with Gasteiger partial charge in [0.25, 0.3) is 0 Å². The molecule has 200 valence electrons. The SMILES string of the molecule is CN(CCCCNCCCN)CCCNC(=O)C(CC(N)=O)NC(=O)Cc1c[nH]c2cccc(O)c12. The monoisotopic (exact) mass is 503 g/mol. The number of hydrogen-bond acceptors (Lipinski definition) is 7. The number of primary amides is 1. The van der Waals surface area contributed by atoms with Crippen LogP contribution in [0.1, 0.15) is 37.7 Å². The van der Waals surface area contributed by atoms with Crippen molar-refractivity contribution >= 4 is 28.6 Å². The van der Waals surface area contributed by atoms with Crippen molar-refractivity contribution in [3.05, 3.63) is 30.0 Å². The topological polar surface area (TPSA) is 179 Å². The van der Waals surface area contributed by atoms with E-state index in [1.807, 2.05) is 7.05 Å². The Balaban J connectivity index is 1.73. The third-order valence-electron chi connectivity index (χ3n) is 5.89. The first kappa shape index (κ1) is 29.1. The van der Waals surface area contributed by atoms with Crippen molar-refractivity contribution in [3.8, 4) is 5.75 Å². The number of phenolic OH excluding ortho intramolecular Hbond substituents is 1. The van der Waals surface area contributed by atoms with Gasteiger partial charge >= 0.3 is 0 Å². The molecule has 0 bridgehead atoms. The highest BCUT2D eigenvalue weighted by atomic mass is 16.3. The van der Waals surface area contributed by atoms with E-state index in [1.165, 1.54) is 0 Å². The van der Waals surface area contributed by atoms with Crippen molar-refractivity contribution < 1.29 is 19.5 Å². The number of nitrogens with zero attached hydrogens (tertiary/aromatic N) is 1. The minimum atomic E-state index is -1.06. The van der Waals surface area contributed by atoms with Gasteiger partial charge in [-0.2, -0.15) is 0 Å².